The third kappa shape index (κ3) is 5.44. The number of ether oxygens (including phenoxy) is 3. The summed E-state index contributed by atoms with van der Waals surface area (Å²) < 4.78 is 17.0. The van der Waals surface area contributed by atoms with E-state index in [0.29, 0.717) is 42.7 Å². The van der Waals surface area contributed by atoms with E-state index in [1.807, 2.05) is 55.5 Å². The van der Waals surface area contributed by atoms with Gasteiger partial charge in [-0.1, -0.05) is 36.4 Å². The Morgan fingerprint density at radius 3 is 2.37 bits per heavy atom. The van der Waals surface area contributed by atoms with Crippen LogP contribution in [0, 0.1) is 0 Å². The van der Waals surface area contributed by atoms with Crippen molar-refractivity contribution in [1.82, 2.24) is 0 Å². The summed E-state index contributed by atoms with van der Waals surface area (Å²) in [5.74, 6) is 0.931. The molecule has 0 spiro atoms. The molecule has 3 aromatic rings. The first-order valence-corrected chi connectivity index (χ1v) is 9.68. The van der Waals surface area contributed by atoms with E-state index in [0.717, 1.165) is 11.1 Å². The molecule has 0 fully saturated rings. The van der Waals surface area contributed by atoms with Gasteiger partial charge in [-0.3, -0.25) is 0 Å². The molecule has 0 amide bonds. The van der Waals surface area contributed by atoms with E-state index >= 15 is 0 Å². The van der Waals surface area contributed by atoms with Crippen LogP contribution in [0.1, 0.15) is 28.4 Å². The van der Waals surface area contributed by atoms with Gasteiger partial charge in [0.05, 0.1) is 25.0 Å². The minimum Gasteiger partial charge on any atom is -0.495 e. The maximum absolute atomic E-state index is 11.2. The number of carboxylic acids is 1. The summed E-state index contributed by atoms with van der Waals surface area (Å²) in [6.07, 6.45) is 0. The Hall–Kier alpha value is -3.67. The van der Waals surface area contributed by atoms with Gasteiger partial charge in [0.25, 0.3) is 0 Å². The SMILES string of the molecule is CCOc1cc(CNc2cc(C(=O)O)ccc2OC)ccc1OCc1ccccc1. The number of hydrogen-bond acceptors (Lipinski definition) is 5. The van der Waals surface area contributed by atoms with E-state index in [2.05, 4.69) is 5.32 Å². The van der Waals surface area contributed by atoms with Crippen LogP contribution in [-0.2, 0) is 13.2 Å². The average molecular weight is 407 g/mol. The molecule has 0 aliphatic rings. The summed E-state index contributed by atoms with van der Waals surface area (Å²) in [5.41, 5.74) is 2.85. The highest BCUT2D eigenvalue weighted by Crippen LogP contribution is 2.31. The standard InChI is InChI=1S/C24H25NO5/c1-3-29-23-13-18(9-11-22(23)30-16-17-7-5-4-6-8-17)15-25-20-14-19(24(26)27)10-12-21(20)28-2/h4-14,25H,3,15-16H2,1-2H3,(H,26,27). The lowest BCUT2D eigenvalue weighted by Gasteiger charge is -2.15. The van der Waals surface area contributed by atoms with Gasteiger partial charge in [-0.15, -0.1) is 0 Å². The predicted octanol–water partition coefficient (Wildman–Crippen LogP) is 4.98. The highest BCUT2D eigenvalue weighted by atomic mass is 16.5. The third-order valence-electron chi connectivity index (χ3n) is 4.47. The van der Waals surface area contributed by atoms with Crippen molar-refractivity contribution in [3.05, 3.63) is 83.4 Å². The fourth-order valence-electron chi connectivity index (χ4n) is 2.96. The Morgan fingerprint density at radius 2 is 1.67 bits per heavy atom. The molecule has 0 saturated carbocycles. The molecule has 0 atom stereocenters. The van der Waals surface area contributed by atoms with Crippen LogP contribution in [0.15, 0.2) is 66.7 Å². The second-order valence-corrected chi connectivity index (χ2v) is 6.56. The van der Waals surface area contributed by atoms with Crippen molar-refractivity contribution in [3.63, 3.8) is 0 Å². The van der Waals surface area contributed by atoms with Crippen LogP contribution in [-0.4, -0.2) is 24.8 Å². The van der Waals surface area contributed by atoms with E-state index in [4.69, 9.17) is 14.2 Å². The molecule has 0 radical (unpaired) electrons. The lowest BCUT2D eigenvalue weighted by Crippen LogP contribution is -2.05. The van der Waals surface area contributed by atoms with Crippen molar-refractivity contribution in [2.24, 2.45) is 0 Å². The molecule has 3 rings (SSSR count). The first kappa shape index (κ1) is 21.0. The Kier molecular flexibility index (Phi) is 7.16. The van der Waals surface area contributed by atoms with Crippen molar-refractivity contribution < 1.29 is 24.1 Å². The summed E-state index contributed by atoms with van der Waals surface area (Å²) in [4.78, 5) is 11.2. The molecular weight excluding hydrogens is 382 g/mol. The van der Waals surface area contributed by atoms with Crippen LogP contribution < -0.4 is 19.5 Å². The van der Waals surface area contributed by atoms with Crippen molar-refractivity contribution >= 4 is 11.7 Å². The number of benzene rings is 3. The molecule has 0 bridgehead atoms. The first-order chi connectivity index (χ1) is 14.6. The van der Waals surface area contributed by atoms with Crippen LogP contribution in [0.2, 0.25) is 0 Å². The van der Waals surface area contributed by atoms with E-state index in [1.54, 1.807) is 19.2 Å². The molecule has 30 heavy (non-hydrogen) atoms. The minimum atomic E-state index is -0.987. The Balaban J connectivity index is 1.73. The van der Waals surface area contributed by atoms with Gasteiger partial charge in [0, 0.05) is 6.54 Å². The number of hydrogen-bond donors (Lipinski definition) is 2. The van der Waals surface area contributed by atoms with Crippen LogP contribution in [0.25, 0.3) is 0 Å². The molecule has 0 unspecified atom stereocenters. The molecular formula is C24H25NO5. The second kappa shape index (κ2) is 10.2. The Morgan fingerprint density at radius 1 is 0.900 bits per heavy atom. The van der Waals surface area contributed by atoms with Gasteiger partial charge in [-0.2, -0.15) is 0 Å². The highest BCUT2D eigenvalue weighted by molar-refractivity contribution is 5.89. The quantitative estimate of drug-likeness (QED) is 0.493. The normalized spacial score (nSPS) is 10.3. The fraction of sp³-hybridized carbons (Fsp3) is 0.208. The monoisotopic (exact) mass is 407 g/mol. The molecule has 0 saturated heterocycles. The zero-order chi connectivity index (χ0) is 21.3. The zero-order valence-electron chi connectivity index (χ0n) is 17.1. The molecule has 0 aliphatic heterocycles. The largest absolute Gasteiger partial charge is 0.495 e. The number of nitrogens with one attached hydrogen (secondary N) is 1. The van der Waals surface area contributed by atoms with E-state index < -0.39 is 5.97 Å². The summed E-state index contributed by atoms with van der Waals surface area (Å²) in [7, 11) is 1.55. The molecule has 0 aliphatic carbocycles. The zero-order valence-corrected chi connectivity index (χ0v) is 17.1. The molecule has 6 nitrogen and oxygen atoms in total. The van der Waals surface area contributed by atoms with Crippen LogP contribution in [0.4, 0.5) is 5.69 Å². The number of aromatic carboxylic acids is 1. The molecule has 0 heterocycles. The maximum Gasteiger partial charge on any atom is 0.335 e. The number of anilines is 1. The summed E-state index contributed by atoms with van der Waals surface area (Å²) in [5, 5.41) is 12.5. The number of carbonyl (C=O) groups is 1. The van der Waals surface area contributed by atoms with E-state index in [1.165, 1.54) is 6.07 Å². The van der Waals surface area contributed by atoms with Crippen molar-refractivity contribution in [1.29, 1.82) is 0 Å². The van der Waals surface area contributed by atoms with Gasteiger partial charge in [0.15, 0.2) is 11.5 Å². The molecule has 156 valence electrons. The summed E-state index contributed by atoms with van der Waals surface area (Å²) in [6, 6.07) is 20.4. The molecule has 6 heteroatoms. The van der Waals surface area contributed by atoms with Gasteiger partial charge >= 0.3 is 5.97 Å². The van der Waals surface area contributed by atoms with Crippen LogP contribution >= 0.6 is 0 Å². The fourth-order valence-corrected chi connectivity index (χ4v) is 2.96. The van der Waals surface area contributed by atoms with E-state index in [9.17, 15) is 9.90 Å². The van der Waals surface area contributed by atoms with E-state index in [-0.39, 0.29) is 5.56 Å². The summed E-state index contributed by atoms with van der Waals surface area (Å²) >= 11 is 0. The average Bonchev–Trinajstić information content (AvgIpc) is 2.77. The van der Waals surface area contributed by atoms with Crippen molar-refractivity contribution in [3.8, 4) is 17.2 Å². The Labute approximate surface area is 176 Å². The van der Waals surface area contributed by atoms with Crippen LogP contribution in [0.3, 0.4) is 0 Å². The van der Waals surface area contributed by atoms with Gasteiger partial charge in [0.1, 0.15) is 12.4 Å². The first-order valence-electron chi connectivity index (χ1n) is 9.68. The highest BCUT2D eigenvalue weighted by Gasteiger charge is 2.11. The number of carboxylic acid groups (broad SMARTS) is 1. The predicted molar refractivity (Wildman–Crippen MR) is 116 cm³/mol. The minimum absolute atomic E-state index is 0.193. The molecule has 2 N–H and O–H groups in total. The van der Waals surface area contributed by atoms with Gasteiger partial charge < -0.3 is 24.6 Å². The molecule has 3 aromatic carbocycles. The van der Waals surface area contributed by atoms with Crippen LogP contribution in [0.5, 0.6) is 17.2 Å². The van der Waals surface area contributed by atoms with Crippen molar-refractivity contribution in [2.45, 2.75) is 20.1 Å². The van der Waals surface area contributed by atoms with Gasteiger partial charge in [0.2, 0.25) is 0 Å². The second-order valence-electron chi connectivity index (χ2n) is 6.56. The topological polar surface area (TPSA) is 77.0 Å². The third-order valence-corrected chi connectivity index (χ3v) is 4.47. The van der Waals surface area contributed by atoms with Gasteiger partial charge in [-0.05, 0) is 48.4 Å². The Bertz CT molecular complexity index is 988. The number of methoxy groups -OCH3 is 1. The summed E-state index contributed by atoms with van der Waals surface area (Å²) in [6.45, 7) is 3.37. The maximum atomic E-state index is 11.2. The van der Waals surface area contributed by atoms with Gasteiger partial charge in [-0.25, -0.2) is 4.79 Å². The number of rotatable bonds is 10. The van der Waals surface area contributed by atoms with Crippen molar-refractivity contribution in [2.75, 3.05) is 19.0 Å². The smallest absolute Gasteiger partial charge is 0.335 e. The molecule has 0 aromatic heterocycles. The lowest BCUT2D eigenvalue weighted by molar-refractivity contribution is 0.0697. The lowest BCUT2D eigenvalue weighted by atomic mass is 10.1.